The van der Waals surface area contributed by atoms with E-state index in [2.05, 4.69) is 9.38 Å². The first kappa shape index (κ1) is 17.1. The highest BCUT2D eigenvalue weighted by atomic mass is 32.2. The molecule has 1 unspecified atom stereocenters. The molecule has 3 nitrogen and oxygen atoms in total. The van der Waals surface area contributed by atoms with Crippen molar-refractivity contribution in [3.8, 4) is 0 Å². The van der Waals surface area contributed by atoms with Crippen LogP contribution in [0.1, 0.15) is 56.4 Å². The van der Waals surface area contributed by atoms with Gasteiger partial charge in [-0.25, -0.2) is 4.98 Å². The van der Waals surface area contributed by atoms with Crippen LogP contribution in [0.2, 0.25) is 0 Å². The summed E-state index contributed by atoms with van der Waals surface area (Å²) in [5, 5.41) is 0. The minimum absolute atomic E-state index is 0.298. The summed E-state index contributed by atoms with van der Waals surface area (Å²) >= 11 is -1.45. The lowest BCUT2D eigenvalue weighted by atomic mass is 10.1. The molecule has 126 valence electrons. The molecule has 0 aliphatic heterocycles. The fourth-order valence-corrected chi connectivity index (χ4v) is 2.98. The molecule has 1 aromatic heterocycles. The summed E-state index contributed by atoms with van der Waals surface area (Å²) in [6.07, 6.45) is 2.04. The maximum Gasteiger partial charge on any atom is 0.216 e. The highest BCUT2D eigenvalue weighted by molar-refractivity contribution is 7.91. The molecule has 1 aliphatic carbocycles. The van der Waals surface area contributed by atoms with Gasteiger partial charge < -0.3 is 4.55 Å². The van der Waals surface area contributed by atoms with Crippen LogP contribution >= 0.6 is 0 Å². The van der Waals surface area contributed by atoms with Gasteiger partial charge in [-0.05, 0) is 45.6 Å². The second-order valence-corrected chi connectivity index (χ2v) is 8.92. The lowest BCUT2D eigenvalue weighted by molar-refractivity contribution is 0.560. The molecule has 0 spiro atoms. The summed E-state index contributed by atoms with van der Waals surface area (Å²) in [5.41, 5.74) is 2.33. The molecule has 0 amide bonds. The Labute approximate surface area is 145 Å². The molecule has 2 aromatic rings. The van der Waals surface area contributed by atoms with Gasteiger partial charge in [-0.1, -0.05) is 40.8 Å². The van der Waals surface area contributed by atoms with Crippen molar-refractivity contribution in [3.63, 3.8) is 0 Å². The first-order valence-corrected chi connectivity index (χ1v) is 9.20. The van der Waals surface area contributed by atoms with Crippen molar-refractivity contribution >= 4 is 17.1 Å². The highest BCUT2D eigenvalue weighted by Crippen LogP contribution is 2.40. The number of pyridine rings is 1. The third-order valence-corrected chi connectivity index (χ3v) is 5.28. The molecule has 0 bridgehead atoms. The zero-order chi connectivity index (χ0) is 17.3. The number of aromatic nitrogens is 1. The van der Waals surface area contributed by atoms with Gasteiger partial charge >= 0.3 is 0 Å². The first-order valence-electron chi connectivity index (χ1n) is 8.09. The molecule has 0 saturated heterocycles. The minimum Gasteiger partial charge on any atom is -0.591 e. The largest absolute Gasteiger partial charge is 0.591 e. The molecular formula is C19H21FN2OS. The summed E-state index contributed by atoms with van der Waals surface area (Å²) < 4.78 is 30.7. The van der Waals surface area contributed by atoms with Crippen molar-refractivity contribution in [2.45, 2.75) is 44.3 Å². The zero-order valence-corrected chi connectivity index (χ0v) is 14.9. The van der Waals surface area contributed by atoms with E-state index in [1.54, 1.807) is 12.1 Å². The van der Waals surface area contributed by atoms with Crippen LogP contribution in [-0.2, 0) is 11.4 Å². The standard InChI is InChI=1S/C19H21FN2OS/c1-19(2,3)24(23)22-17(14-7-5-4-6-8-14)16-12-11-15(13-9-10-13)18(20)21-16/h4-8,11-13H,9-10H2,1-3H3. The summed E-state index contributed by atoms with van der Waals surface area (Å²) in [6, 6.07) is 12.9. The van der Waals surface area contributed by atoms with E-state index in [1.807, 2.05) is 51.1 Å². The van der Waals surface area contributed by atoms with Crippen molar-refractivity contribution in [1.82, 2.24) is 4.98 Å². The third-order valence-electron chi connectivity index (χ3n) is 3.88. The van der Waals surface area contributed by atoms with Crippen LogP contribution in [0, 0.1) is 5.95 Å². The Morgan fingerprint density at radius 3 is 2.38 bits per heavy atom. The van der Waals surface area contributed by atoms with Crippen molar-refractivity contribution in [2.75, 3.05) is 0 Å². The van der Waals surface area contributed by atoms with Crippen molar-refractivity contribution in [3.05, 3.63) is 65.2 Å². The van der Waals surface area contributed by atoms with Gasteiger partial charge in [0.05, 0.1) is 5.69 Å². The summed E-state index contributed by atoms with van der Waals surface area (Å²) in [5.74, 6) is -0.146. The Morgan fingerprint density at radius 1 is 1.17 bits per heavy atom. The molecule has 1 saturated carbocycles. The number of hydrogen-bond acceptors (Lipinski definition) is 3. The zero-order valence-electron chi connectivity index (χ0n) is 14.1. The minimum atomic E-state index is -1.45. The number of nitrogens with zero attached hydrogens (tertiary/aromatic N) is 2. The highest BCUT2D eigenvalue weighted by Gasteiger charge is 2.30. The van der Waals surface area contributed by atoms with Crippen LogP contribution in [0.4, 0.5) is 4.39 Å². The van der Waals surface area contributed by atoms with Gasteiger partial charge in [-0.3, -0.25) is 0 Å². The predicted octanol–water partition coefficient (Wildman–Crippen LogP) is 4.40. The van der Waals surface area contributed by atoms with Gasteiger partial charge in [-0.15, -0.1) is 0 Å². The topological polar surface area (TPSA) is 48.3 Å². The Bertz CT molecular complexity index is 752. The Kier molecular flexibility index (Phi) is 4.74. The Morgan fingerprint density at radius 2 is 1.83 bits per heavy atom. The summed E-state index contributed by atoms with van der Waals surface area (Å²) in [4.78, 5) is 4.11. The van der Waals surface area contributed by atoms with E-state index >= 15 is 0 Å². The van der Waals surface area contributed by atoms with Crippen molar-refractivity contribution in [1.29, 1.82) is 0 Å². The molecule has 1 heterocycles. The molecule has 5 heteroatoms. The van der Waals surface area contributed by atoms with E-state index in [0.29, 0.717) is 22.9 Å². The molecule has 1 atom stereocenters. The number of benzene rings is 1. The molecule has 0 N–H and O–H groups in total. The van der Waals surface area contributed by atoms with E-state index < -0.39 is 22.1 Å². The average Bonchev–Trinajstić information content (AvgIpc) is 3.37. The smallest absolute Gasteiger partial charge is 0.216 e. The summed E-state index contributed by atoms with van der Waals surface area (Å²) in [7, 11) is 0. The van der Waals surface area contributed by atoms with Crippen molar-refractivity contribution in [2.24, 2.45) is 4.40 Å². The van der Waals surface area contributed by atoms with Crippen LogP contribution in [-0.4, -0.2) is 20.0 Å². The number of rotatable bonds is 4. The quantitative estimate of drug-likeness (QED) is 0.469. The molecule has 3 rings (SSSR count). The fourth-order valence-electron chi connectivity index (χ4n) is 2.34. The third kappa shape index (κ3) is 3.84. The summed E-state index contributed by atoms with van der Waals surface area (Å²) in [6.45, 7) is 5.58. The van der Waals surface area contributed by atoms with Crippen LogP contribution < -0.4 is 0 Å². The van der Waals surface area contributed by atoms with Gasteiger partial charge in [0.1, 0.15) is 21.8 Å². The second-order valence-electron chi connectivity index (χ2n) is 7.02. The van der Waals surface area contributed by atoms with Gasteiger partial charge in [-0.2, -0.15) is 4.39 Å². The lowest BCUT2D eigenvalue weighted by Crippen LogP contribution is -2.27. The van der Waals surface area contributed by atoms with Crippen molar-refractivity contribution < 1.29 is 8.94 Å². The van der Waals surface area contributed by atoms with Crippen LogP contribution in [0.25, 0.3) is 0 Å². The maximum atomic E-state index is 14.3. The SMILES string of the molecule is CC(C)(C)[S+]([O-])N=C(c1ccccc1)c1ccc(C2CC2)c(F)n1. The molecule has 1 aliphatic rings. The van der Waals surface area contributed by atoms with E-state index in [0.717, 1.165) is 18.4 Å². The van der Waals surface area contributed by atoms with Gasteiger partial charge in [0, 0.05) is 11.1 Å². The van der Waals surface area contributed by atoms with Crippen LogP contribution in [0.3, 0.4) is 0 Å². The number of halogens is 1. The fraction of sp³-hybridized carbons (Fsp3) is 0.368. The normalized spacial score (nSPS) is 17.0. The first-order chi connectivity index (χ1) is 11.4. The van der Waals surface area contributed by atoms with E-state index in [-0.39, 0.29) is 0 Å². The van der Waals surface area contributed by atoms with Crippen LogP contribution in [0.5, 0.6) is 0 Å². The van der Waals surface area contributed by atoms with Gasteiger partial charge in [0.2, 0.25) is 5.95 Å². The molecule has 0 radical (unpaired) electrons. The number of hydrogen-bond donors (Lipinski definition) is 0. The van der Waals surface area contributed by atoms with Crippen LogP contribution in [0.15, 0.2) is 46.9 Å². The predicted molar refractivity (Wildman–Crippen MR) is 96.1 cm³/mol. The Hall–Kier alpha value is -1.72. The van der Waals surface area contributed by atoms with E-state index in [9.17, 15) is 8.94 Å². The average molecular weight is 344 g/mol. The second kappa shape index (κ2) is 6.65. The molecule has 1 aromatic carbocycles. The molecule has 24 heavy (non-hydrogen) atoms. The lowest BCUT2D eigenvalue weighted by Gasteiger charge is -2.19. The monoisotopic (exact) mass is 344 g/mol. The molecule has 1 fully saturated rings. The van der Waals surface area contributed by atoms with E-state index in [1.165, 1.54) is 0 Å². The van der Waals surface area contributed by atoms with Gasteiger partial charge in [0.15, 0.2) is 0 Å². The van der Waals surface area contributed by atoms with E-state index in [4.69, 9.17) is 0 Å². The van der Waals surface area contributed by atoms with Gasteiger partial charge in [0.25, 0.3) is 0 Å². The maximum absolute atomic E-state index is 14.3. The Balaban J connectivity index is 2.05. The molecular weight excluding hydrogens is 323 g/mol.